The number of aromatic amines is 1. The summed E-state index contributed by atoms with van der Waals surface area (Å²) in [5.74, 6) is 2.18. The molecule has 0 bridgehead atoms. The van der Waals surface area contributed by atoms with Crippen LogP contribution in [0.1, 0.15) is 30.8 Å². The topological polar surface area (TPSA) is 94.9 Å². The number of nitrogens with one attached hydrogen (secondary N) is 1. The maximum Gasteiger partial charge on any atom is 0.258 e. The molecule has 2 atom stereocenters. The van der Waals surface area contributed by atoms with E-state index in [2.05, 4.69) is 24.7 Å². The number of nitrogens with zero attached hydrogens (tertiary/aromatic N) is 4. The van der Waals surface area contributed by atoms with E-state index in [0.29, 0.717) is 23.3 Å². The smallest absolute Gasteiger partial charge is 0.258 e. The lowest BCUT2D eigenvalue weighted by Gasteiger charge is -2.16. The van der Waals surface area contributed by atoms with E-state index in [4.69, 9.17) is 9.47 Å². The molecule has 2 aromatic heterocycles. The average Bonchev–Trinajstić information content (AvgIpc) is 3.50. The summed E-state index contributed by atoms with van der Waals surface area (Å²) in [6.45, 7) is 3.47. The molecule has 2 aromatic carbocycles. The number of hydrogen-bond acceptors (Lipinski definition) is 7. The lowest BCUT2D eigenvalue weighted by atomic mass is 10.2. The molecular weight excluding hydrogens is 438 g/mol. The van der Waals surface area contributed by atoms with Crippen LogP contribution in [0.5, 0.6) is 5.75 Å². The van der Waals surface area contributed by atoms with Crippen molar-refractivity contribution in [2.75, 3.05) is 13.7 Å². The molecule has 1 saturated heterocycles. The summed E-state index contributed by atoms with van der Waals surface area (Å²) in [4.78, 5) is 20.1. The molecule has 0 saturated carbocycles. The summed E-state index contributed by atoms with van der Waals surface area (Å²) in [5.41, 5.74) is 1.50. The largest absolute Gasteiger partial charge is 0.497 e. The third-order valence-electron chi connectivity index (χ3n) is 5.77. The molecular formula is C24H25N5O3S. The van der Waals surface area contributed by atoms with Crippen molar-refractivity contribution in [3.8, 4) is 17.1 Å². The normalized spacial score (nSPS) is 16.8. The maximum atomic E-state index is 12.5. The zero-order valence-electron chi connectivity index (χ0n) is 18.5. The summed E-state index contributed by atoms with van der Waals surface area (Å²) in [6.07, 6.45) is 2.21. The Bertz CT molecular complexity index is 1310. The number of ether oxygens (including phenoxy) is 2. The van der Waals surface area contributed by atoms with Crippen LogP contribution in [0.25, 0.3) is 22.3 Å². The van der Waals surface area contributed by atoms with Gasteiger partial charge in [-0.25, -0.2) is 4.98 Å². The van der Waals surface area contributed by atoms with Gasteiger partial charge in [-0.05, 0) is 56.2 Å². The highest BCUT2D eigenvalue weighted by Gasteiger charge is 2.24. The van der Waals surface area contributed by atoms with Gasteiger partial charge in [-0.3, -0.25) is 9.36 Å². The van der Waals surface area contributed by atoms with Crippen LogP contribution in [0.2, 0.25) is 0 Å². The molecule has 4 aromatic rings. The van der Waals surface area contributed by atoms with Gasteiger partial charge in [0.25, 0.3) is 5.56 Å². The Hall–Kier alpha value is -3.17. The Labute approximate surface area is 195 Å². The van der Waals surface area contributed by atoms with E-state index >= 15 is 0 Å². The third-order valence-corrected chi connectivity index (χ3v) is 6.86. The number of thioether (sulfide) groups is 1. The first kappa shape index (κ1) is 21.7. The fourth-order valence-electron chi connectivity index (χ4n) is 4.00. The molecule has 0 amide bonds. The van der Waals surface area contributed by atoms with E-state index in [-0.39, 0.29) is 16.9 Å². The van der Waals surface area contributed by atoms with Crippen LogP contribution in [0, 0.1) is 0 Å². The Morgan fingerprint density at radius 3 is 2.79 bits per heavy atom. The molecule has 33 heavy (non-hydrogen) atoms. The molecule has 0 aliphatic carbocycles. The first-order valence-electron chi connectivity index (χ1n) is 11.0. The second-order valence-corrected chi connectivity index (χ2v) is 9.32. The zero-order chi connectivity index (χ0) is 22.8. The van der Waals surface area contributed by atoms with Crippen molar-refractivity contribution < 1.29 is 9.47 Å². The molecule has 1 fully saturated rings. The van der Waals surface area contributed by atoms with Gasteiger partial charge in [0.15, 0.2) is 11.0 Å². The lowest BCUT2D eigenvalue weighted by Crippen LogP contribution is -2.17. The molecule has 170 valence electrons. The van der Waals surface area contributed by atoms with Crippen LogP contribution < -0.4 is 10.3 Å². The van der Waals surface area contributed by atoms with Gasteiger partial charge in [0.2, 0.25) is 0 Å². The highest BCUT2D eigenvalue weighted by atomic mass is 32.2. The van der Waals surface area contributed by atoms with Crippen molar-refractivity contribution in [2.24, 2.45) is 0 Å². The number of hydrogen-bond donors (Lipinski definition) is 1. The molecule has 0 unspecified atom stereocenters. The highest BCUT2D eigenvalue weighted by molar-refractivity contribution is 7.99. The molecule has 5 rings (SSSR count). The van der Waals surface area contributed by atoms with Crippen LogP contribution in [-0.2, 0) is 11.3 Å². The molecule has 1 aliphatic rings. The number of rotatable bonds is 7. The Balaban J connectivity index is 1.47. The van der Waals surface area contributed by atoms with Gasteiger partial charge in [-0.1, -0.05) is 23.9 Å². The molecule has 9 heteroatoms. The quantitative estimate of drug-likeness (QED) is 0.410. The Morgan fingerprint density at radius 1 is 1.21 bits per heavy atom. The number of para-hydroxylation sites is 1. The summed E-state index contributed by atoms with van der Waals surface area (Å²) >= 11 is 1.52. The van der Waals surface area contributed by atoms with Gasteiger partial charge in [-0.2, -0.15) is 0 Å². The van der Waals surface area contributed by atoms with E-state index in [1.54, 1.807) is 13.2 Å². The van der Waals surface area contributed by atoms with Gasteiger partial charge in [0.1, 0.15) is 11.6 Å². The predicted octanol–water partition coefficient (Wildman–Crippen LogP) is 4.22. The van der Waals surface area contributed by atoms with Crippen molar-refractivity contribution in [3.05, 3.63) is 64.7 Å². The van der Waals surface area contributed by atoms with E-state index in [1.165, 1.54) is 11.8 Å². The first-order valence-corrected chi connectivity index (χ1v) is 11.8. The molecule has 1 N–H and O–H groups in total. The predicted molar refractivity (Wildman–Crippen MR) is 128 cm³/mol. The van der Waals surface area contributed by atoms with Crippen LogP contribution in [-0.4, -0.2) is 44.6 Å². The number of H-pyrrole nitrogens is 1. The maximum absolute atomic E-state index is 12.5. The van der Waals surface area contributed by atoms with Crippen LogP contribution in [0.4, 0.5) is 0 Å². The SMILES string of the molecule is COc1ccc(-c2nnc(S[C@H](C)c3nc4ccccc4c(=O)[nH]3)n2C[C@@H]2CCCO2)cc1. The number of methoxy groups -OCH3 is 1. The second kappa shape index (κ2) is 9.36. The van der Waals surface area contributed by atoms with Crippen molar-refractivity contribution in [3.63, 3.8) is 0 Å². The van der Waals surface area contributed by atoms with Gasteiger partial charge in [0, 0.05) is 12.2 Å². The molecule has 1 aliphatic heterocycles. The number of fused-ring (bicyclic) bond motifs is 1. The fraction of sp³-hybridized carbons (Fsp3) is 0.333. The van der Waals surface area contributed by atoms with Crippen molar-refractivity contribution in [2.45, 2.75) is 42.8 Å². The van der Waals surface area contributed by atoms with Gasteiger partial charge in [0.05, 0.1) is 35.9 Å². The third kappa shape index (κ3) is 4.51. The monoisotopic (exact) mass is 463 g/mol. The van der Waals surface area contributed by atoms with Crippen LogP contribution in [0.15, 0.2) is 58.5 Å². The molecule has 0 radical (unpaired) electrons. The summed E-state index contributed by atoms with van der Waals surface area (Å²) < 4.78 is 13.3. The van der Waals surface area contributed by atoms with E-state index in [0.717, 1.165) is 41.7 Å². The fourth-order valence-corrected chi connectivity index (χ4v) is 4.91. The van der Waals surface area contributed by atoms with Crippen molar-refractivity contribution >= 4 is 22.7 Å². The van der Waals surface area contributed by atoms with Gasteiger partial charge < -0.3 is 14.5 Å². The van der Waals surface area contributed by atoms with Crippen LogP contribution in [0.3, 0.4) is 0 Å². The lowest BCUT2D eigenvalue weighted by molar-refractivity contribution is 0.0953. The standard InChI is InChI=1S/C24H25N5O3S/c1-15(21-25-20-8-4-3-7-19(20)23(30)26-21)33-24-28-27-22(16-9-11-17(31-2)12-10-16)29(24)14-18-6-5-13-32-18/h3-4,7-12,15,18H,5-6,13-14H2,1-2H3,(H,25,26,30)/t15-,18+/m1/s1. The summed E-state index contributed by atoms with van der Waals surface area (Å²) in [7, 11) is 1.65. The van der Waals surface area contributed by atoms with E-state index < -0.39 is 0 Å². The Kier molecular flexibility index (Phi) is 6.15. The van der Waals surface area contributed by atoms with Crippen molar-refractivity contribution in [1.82, 2.24) is 24.7 Å². The van der Waals surface area contributed by atoms with E-state index in [9.17, 15) is 4.79 Å². The molecule has 3 heterocycles. The number of aromatic nitrogens is 5. The zero-order valence-corrected chi connectivity index (χ0v) is 19.3. The minimum atomic E-state index is -0.136. The Morgan fingerprint density at radius 2 is 2.03 bits per heavy atom. The first-order chi connectivity index (χ1) is 16.1. The van der Waals surface area contributed by atoms with E-state index in [1.807, 2.05) is 49.4 Å². The van der Waals surface area contributed by atoms with Crippen molar-refractivity contribution in [1.29, 1.82) is 0 Å². The van der Waals surface area contributed by atoms with Gasteiger partial charge in [-0.15, -0.1) is 10.2 Å². The average molecular weight is 464 g/mol. The summed E-state index contributed by atoms with van der Waals surface area (Å²) in [6, 6.07) is 15.2. The molecule has 0 spiro atoms. The van der Waals surface area contributed by atoms with Gasteiger partial charge >= 0.3 is 0 Å². The minimum absolute atomic E-state index is 0.126. The minimum Gasteiger partial charge on any atom is -0.497 e. The van der Waals surface area contributed by atoms with Crippen LogP contribution >= 0.6 is 11.8 Å². The summed E-state index contributed by atoms with van der Waals surface area (Å²) in [5, 5.41) is 10.2. The highest BCUT2D eigenvalue weighted by Crippen LogP contribution is 2.35. The number of benzene rings is 2. The molecule has 8 nitrogen and oxygen atoms in total. The second-order valence-electron chi connectivity index (χ2n) is 8.01.